The van der Waals surface area contributed by atoms with E-state index in [0.717, 1.165) is 11.1 Å². The van der Waals surface area contributed by atoms with Crippen LogP contribution in [0.25, 0.3) is 10.8 Å². The number of aryl methyl sites for hydroxylation is 2. The minimum atomic E-state index is -0.491. The number of aromatic hydroxyl groups is 2. The van der Waals surface area contributed by atoms with Crippen LogP contribution in [0.2, 0.25) is 5.02 Å². The first-order chi connectivity index (χ1) is 19.5. The fourth-order valence-electron chi connectivity index (χ4n) is 3.94. The SMILES string of the molecule is Cc1ccc(NC(=O)c2ccc3c(N)c(O)c(C(=O)Nc4ccc(C)cc4)cc3c2)cc1.Nc1cc(O)ccc1Cl. The Bertz CT molecular complexity index is 1740. The standard InChI is InChI=1S/C26H23N3O3.C6H6ClNO/c1-15-3-8-19(9-4-15)28-25(31)17-7-12-21-18(13-17)14-22(24(30)23(21)27)26(32)29-20-10-5-16(2)6-11-20;7-5-2-1-4(9)3-6(5)8/h3-14,30H,27H2,1-2H3,(H,28,31)(H,29,32);1-3,9H,8H2. The fourth-order valence-corrected chi connectivity index (χ4v) is 4.06. The van der Waals surface area contributed by atoms with Gasteiger partial charge in [-0.25, -0.2) is 0 Å². The molecule has 0 spiro atoms. The molecule has 0 bridgehead atoms. The van der Waals surface area contributed by atoms with E-state index in [1.807, 2.05) is 50.2 Å². The van der Waals surface area contributed by atoms with Crippen molar-refractivity contribution in [2.75, 3.05) is 22.1 Å². The first-order valence-electron chi connectivity index (χ1n) is 12.6. The summed E-state index contributed by atoms with van der Waals surface area (Å²) in [6.07, 6.45) is 0. The molecule has 0 saturated heterocycles. The van der Waals surface area contributed by atoms with Crippen LogP contribution in [-0.2, 0) is 0 Å². The van der Waals surface area contributed by atoms with E-state index >= 15 is 0 Å². The van der Waals surface area contributed by atoms with Crippen molar-refractivity contribution in [3.05, 3.63) is 118 Å². The summed E-state index contributed by atoms with van der Waals surface area (Å²) in [7, 11) is 0. The number of nitrogen functional groups attached to an aromatic ring is 2. The molecule has 5 rings (SSSR count). The van der Waals surface area contributed by atoms with Crippen molar-refractivity contribution < 1.29 is 19.8 Å². The maximum absolute atomic E-state index is 12.8. The van der Waals surface area contributed by atoms with E-state index < -0.39 is 5.91 Å². The third-order valence-electron chi connectivity index (χ3n) is 6.26. The molecule has 208 valence electrons. The number of anilines is 4. The van der Waals surface area contributed by atoms with Crippen molar-refractivity contribution in [2.24, 2.45) is 0 Å². The van der Waals surface area contributed by atoms with Gasteiger partial charge in [0, 0.05) is 28.4 Å². The number of hydrogen-bond acceptors (Lipinski definition) is 6. The molecule has 0 aromatic heterocycles. The molecule has 0 aliphatic rings. The molecule has 0 unspecified atom stereocenters. The molecule has 0 heterocycles. The smallest absolute Gasteiger partial charge is 0.259 e. The van der Waals surface area contributed by atoms with E-state index in [1.54, 1.807) is 36.4 Å². The molecule has 8 nitrogen and oxygen atoms in total. The molecule has 0 radical (unpaired) electrons. The second-order valence-electron chi connectivity index (χ2n) is 9.47. The van der Waals surface area contributed by atoms with Gasteiger partial charge in [0.1, 0.15) is 5.75 Å². The normalized spacial score (nSPS) is 10.4. The Morgan fingerprint density at radius 3 is 1.80 bits per heavy atom. The van der Waals surface area contributed by atoms with E-state index in [2.05, 4.69) is 10.6 Å². The Morgan fingerprint density at radius 2 is 1.27 bits per heavy atom. The van der Waals surface area contributed by atoms with Gasteiger partial charge in [0.25, 0.3) is 11.8 Å². The third kappa shape index (κ3) is 7.06. The lowest BCUT2D eigenvalue weighted by Crippen LogP contribution is -2.13. The second-order valence-corrected chi connectivity index (χ2v) is 9.88. The third-order valence-corrected chi connectivity index (χ3v) is 6.60. The Hall–Kier alpha value is -5.21. The van der Waals surface area contributed by atoms with Crippen LogP contribution in [0.3, 0.4) is 0 Å². The number of nitrogens with one attached hydrogen (secondary N) is 2. The summed E-state index contributed by atoms with van der Waals surface area (Å²) in [6, 6.07) is 25.7. The van der Waals surface area contributed by atoms with Crippen molar-refractivity contribution >= 4 is 56.9 Å². The van der Waals surface area contributed by atoms with E-state index in [4.69, 9.17) is 28.2 Å². The van der Waals surface area contributed by atoms with Gasteiger partial charge in [-0.05, 0) is 73.8 Å². The molecule has 41 heavy (non-hydrogen) atoms. The van der Waals surface area contributed by atoms with E-state index in [0.29, 0.717) is 38.4 Å². The summed E-state index contributed by atoms with van der Waals surface area (Å²) in [5, 5.41) is 26.5. The van der Waals surface area contributed by atoms with Crippen molar-refractivity contribution in [2.45, 2.75) is 13.8 Å². The molecule has 0 aliphatic heterocycles. The maximum Gasteiger partial charge on any atom is 0.259 e. The number of halogens is 1. The Balaban J connectivity index is 0.000000367. The number of hydrogen-bond donors (Lipinski definition) is 6. The Kier molecular flexibility index (Phi) is 8.65. The van der Waals surface area contributed by atoms with Gasteiger partial charge < -0.3 is 32.3 Å². The zero-order chi connectivity index (χ0) is 29.7. The number of phenolic OH excluding ortho intramolecular Hbond substituents is 2. The highest BCUT2D eigenvalue weighted by molar-refractivity contribution is 6.33. The number of rotatable bonds is 4. The molecule has 9 heteroatoms. The van der Waals surface area contributed by atoms with Gasteiger partial charge in [0.2, 0.25) is 0 Å². The van der Waals surface area contributed by atoms with E-state index in [1.165, 1.54) is 18.2 Å². The average molecular weight is 569 g/mol. The van der Waals surface area contributed by atoms with Gasteiger partial charge in [0.05, 0.1) is 22.0 Å². The molecular weight excluding hydrogens is 540 g/mol. The lowest BCUT2D eigenvalue weighted by Gasteiger charge is -2.13. The quantitative estimate of drug-likeness (QED) is 0.103. The zero-order valence-corrected chi connectivity index (χ0v) is 23.2. The number of nitrogens with two attached hydrogens (primary N) is 2. The van der Waals surface area contributed by atoms with Crippen LogP contribution >= 0.6 is 11.6 Å². The van der Waals surface area contributed by atoms with E-state index in [-0.39, 0.29) is 28.7 Å². The summed E-state index contributed by atoms with van der Waals surface area (Å²) < 4.78 is 0. The molecular formula is C32H29ClN4O4. The van der Waals surface area contributed by atoms with Crippen LogP contribution in [0.4, 0.5) is 22.7 Å². The number of phenols is 2. The van der Waals surface area contributed by atoms with Crippen molar-refractivity contribution in [3.63, 3.8) is 0 Å². The minimum absolute atomic E-state index is 0.0340. The fraction of sp³-hybridized carbons (Fsp3) is 0.0625. The van der Waals surface area contributed by atoms with E-state index in [9.17, 15) is 14.7 Å². The first-order valence-corrected chi connectivity index (χ1v) is 12.9. The lowest BCUT2D eigenvalue weighted by atomic mass is 10.0. The Labute approximate surface area is 242 Å². The number of fused-ring (bicyclic) bond motifs is 1. The largest absolute Gasteiger partial charge is 0.508 e. The van der Waals surface area contributed by atoms with Gasteiger partial charge in [-0.3, -0.25) is 9.59 Å². The summed E-state index contributed by atoms with van der Waals surface area (Å²) in [5.74, 6) is -0.932. The average Bonchev–Trinajstić information content (AvgIpc) is 2.95. The molecule has 0 aliphatic carbocycles. The predicted octanol–water partition coefficient (Wildman–Crippen LogP) is 6.88. The highest BCUT2D eigenvalue weighted by Gasteiger charge is 2.18. The highest BCUT2D eigenvalue weighted by Crippen LogP contribution is 2.35. The van der Waals surface area contributed by atoms with Gasteiger partial charge in [-0.1, -0.05) is 53.1 Å². The van der Waals surface area contributed by atoms with Crippen LogP contribution in [0.1, 0.15) is 31.8 Å². The molecule has 8 N–H and O–H groups in total. The van der Waals surface area contributed by atoms with Crippen LogP contribution in [0.5, 0.6) is 11.5 Å². The molecule has 2 amide bonds. The molecule has 5 aromatic carbocycles. The molecule has 5 aromatic rings. The summed E-state index contributed by atoms with van der Waals surface area (Å²) in [6.45, 7) is 3.93. The highest BCUT2D eigenvalue weighted by atomic mass is 35.5. The minimum Gasteiger partial charge on any atom is -0.508 e. The van der Waals surface area contributed by atoms with Gasteiger partial charge in [-0.15, -0.1) is 0 Å². The first kappa shape index (κ1) is 28.8. The number of benzene rings is 5. The number of carbonyl (C=O) groups excluding carboxylic acids is 2. The number of amides is 2. The number of carbonyl (C=O) groups is 2. The van der Waals surface area contributed by atoms with Crippen LogP contribution < -0.4 is 22.1 Å². The van der Waals surface area contributed by atoms with Crippen molar-refractivity contribution in [1.29, 1.82) is 0 Å². The van der Waals surface area contributed by atoms with Crippen molar-refractivity contribution in [3.8, 4) is 11.5 Å². The lowest BCUT2D eigenvalue weighted by molar-refractivity contribution is 0.101. The Morgan fingerprint density at radius 1 is 0.707 bits per heavy atom. The molecule has 0 saturated carbocycles. The van der Waals surface area contributed by atoms with Crippen LogP contribution in [0.15, 0.2) is 91.0 Å². The predicted molar refractivity (Wildman–Crippen MR) is 166 cm³/mol. The van der Waals surface area contributed by atoms with Crippen LogP contribution in [0, 0.1) is 13.8 Å². The van der Waals surface area contributed by atoms with Gasteiger partial charge in [0.15, 0.2) is 5.75 Å². The zero-order valence-electron chi connectivity index (χ0n) is 22.4. The molecule has 0 atom stereocenters. The monoisotopic (exact) mass is 568 g/mol. The molecule has 0 fully saturated rings. The van der Waals surface area contributed by atoms with Crippen LogP contribution in [-0.4, -0.2) is 22.0 Å². The topological polar surface area (TPSA) is 151 Å². The van der Waals surface area contributed by atoms with Gasteiger partial charge >= 0.3 is 0 Å². The van der Waals surface area contributed by atoms with Crippen molar-refractivity contribution in [1.82, 2.24) is 0 Å². The maximum atomic E-state index is 12.8. The summed E-state index contributed by atoms with van der Waals surface area (Å²) in [4.78, 5) is 25.5. The van der Waals surface area contributed by atoms with Gasteiger partial charge in [-0.2, -0.15) is 0 Å². The summed E-state index contributed by atoms with van der Waals surface area (Å²) >= 11 is 5.54. The second kappa shape index (κ2) is 12.3. The summed E-state index contributed by atoms with van der Waals surface area (Å²) in [5.41, 5.74) is 15.8.